The maximum atomic E-state index is 12.5. The molecule has 4 nitrogen and oxygen atoms in total. The highest BCUT2D eigenvalue weighted by Gasteiger charge is 2.26. The largest absolute Gasteiger partial charge is 0.396 e. The predicted octanol–water partition coefficient (Wildman–Crippen LogP) is 3.10. The van der Waals surface area contributed by atoms with Gasteiger partial charge in [-0.1, -0.05) is 27.2 Å². The van der Waals surface area contributed by atoms with Crippen LogP contribution in [0.2, 0.25) is 0 Å². The van der Waals surface area contributed by atoms with Crippen molar-refractivity contribution in [3.05, 3.63) is 0 Å². The van der Waals surface area contributed by atoms with Gasteiger partial charge in [0, 0.05) is 31.0 Å². The Bertz CT molecular complexity index is 318. The lowest BCUT2D eigenvalue weighted by Crippen LogP contribution is -2.49. The number of nitrogens with zero attached hydrogens (tertiary/aromatic N) is 1. The number of rotatable bonds is 6. The first-order chi connectivity index (χ1) is 9.85. The van der Waals surface area contributed by atoms with E-state index < -0.39 is 0 Å². The molecule has 1 aliphatic rings. The maximum absolute atomic E-state index is 12.5. The smallest absolute Gasteiger partial charge is 0.317 e. The zero-order chi connectivity index (χ0) is 15.9. The van der Waals surface area contributed by atoms with Gasteiger partial charge >= 0.3 is 6.03 Å². The number of thioether (sulfide) groups is 1. The lowest BCUT2D eigenvalue weighted by molar-refractivity contribution is 0.159. The molecule has 2 atom stereocenters. The van der Waals surface area contributed by atoms with Crippen LogP contribution in [-0.2, 0) is 0 Å². The molecule has 1 fully saturated rings. The first kappa shape index (κ1) is 18.6. The van der Waals surface area contributed by atoms with Gasteiger partial charge in [0.2, 0.25) is 0 Å². The zero-order valence-electron chi connectivity index (χ0n) is 14.0. The van der Waals surface area contributed by atoms with Crippen LogP contribution in [0, 0.1) is 5.41 Å². The fraction of sp³-hybridized carbons (Fsp3) is 0.938. The van der Waals surface area contributed by atoms with E-state index in [-0.39, 0.29) is 18.1 Å². The van der Waals surface area contributed by atoms with Crippen LogP contribution in [0.5, 0.6) is 0 Å². The van der Waals surface area contributed by atoms with E-state index in [1.54, 1.807) is 0 Å². The molecular formula is C16H32N2O2S. The minimum absolute atomic E-state index is 0.0325. The Hall–Kier alpha value is -0.420. The molecule has 1 rings (SSSR count). The fourth-order valence-electron chi connectivity index (χ4n) is 2.84. The van der Waals surface area contributed by atoms with Crippen molar-refractivity contribution in [3.63, 3.8) is 0 Å². The number of hydrogen-bond donors (Lipinski definition) is 2. The minimum Gasteiger partial charge on any atom is -0.396 e. The lowest BCUT2D eigenvalue weighted by atomic mass is 9.94. The van der Waals surface area contributed by atoms with Crippen LogP contribution in [0.1, 0.15) is 52.9 Å². The molecule has 2 amide bonds. The lowest BCUT2D eigenvalue weighted by Gasteiger charge is -2.34. The normalized spacial score (nSPS) is 22.9. The van der Waals surface area contributed by atoms with Crippen molar-refractivity contribution in [2.75, 3.05) is 26.0 Å². The average Bonchev–Trinajstić information content (AvgIpc) is 2.42. The molecule has 1 saturated carbocycles. The molecule has 0 spiro atoms. The third-order valence-electron chi connectivity index (χ3n) is 3.83. The highest BCUT2D eigenvalue weighted by molar-refractivity contribution is 7.99. The van der Waals surface area contributed by atoms with Gasteiger partial charge in [-0.2, -0.15) is 11.8 Å². The van der Waals surface area contributed by atoms with Gasteiger partial charge in [-0.15, -0.1) is 0 Å². The van der Waals surface area contributed by atoms with Crippen LogP contribution >= 0.6 is 11.8 Å². The Morgan fingerprint density at radius 2 is 2.10 bits per heavy atom. The van der Waals surface area contributed by atoms with Crippen molar-refractivity contribution < 1.29 is 9.90 Å². The Kier molecular flexibility index (Phi) is 7.88. The molecule has 5 heteroatoms. The second kappa shape index (κ2) is 8.89. The van der Waals surface area contributed by atoms with Gasteiger partial charge in [0.05, 0.1) is 0 Å². The summed E-state index contributed by atoms with van der Waals surface area (Å²) in [5.41, 5.74) is 0.0706. The van der Waals surface area contributed by atoms with E-state index in [4.69, 9.17) is 5.11 Å². The number of aliphatic hydroxyl groups excluding tert-OH is 1. The van der Waals surface area contributed by atoms with Crippen molar-refractivity contribution in [3.8, 4) is 0 Å². The summed E-state index contributed by atoms with van der Waals surface area (Å²) >= 11 is 1.91. The molecule has 0 radical (unpaired) electrons. The summed E-state index contributed by atoms with van der Waals surface area (Å²) in [5.74, 6) is 0. The van der Waals surface area contributed by atoms with E-state index in [0.29, 0.717) is 24.3 Å². The Morgan fingerprint density at radius 1 is 1.38 bits per heavy atom. The van der Waals surface area contributed by atoms with Crippen LogP contribution < -0.4 is 5.32 Å². The topological polar surface area (TPSA) is 52.6 Å². The van der Waals surface area contributed by atoms with E-state index in [2.05, 4.69) is 32.3 Å². The van der Waals surface area contributed by atoms with Gasteiger partial charge in [0.25, 0.3) is 0 Å². The fourth-order valence-corrected chi connectivity index (χ4v) is 3.67. The SMILES string of the molecule is CSC1CCCC(NC(=O)N(CCCO)CC(C)(C)C)C1. The number of aliphatic hydroxyl groups is 1. The van der Waals surface area contributed by atoms with Crippen molar-refractivity contribution in [1.82, 2.24) is 10.2 Å². The zero-order valence-corrected chi connectivity index (χ0v) is 14.8. The summed E-state index contributed by atoms with van der Waals surface area (Å²) in [7, 11) is 0. The standard InChI is InChI=1S/C16H32N2O2S/c1-16(2,3)12-18(9-6-10-19)15(20)17-13-7-5-8-14(11-13)21-4/h13-14,19H,5-12H2,1-4H3,(H,17,20). The Balaban J connectivity index is 2.54. The molecule has 2 N–H and O–H groups in total. The summed E-state index contributed by atoms with van der Waals surface area (Å²) < 4.78 is 0. The average molecular weight is 317 g/mol. The molecule has 0 aromatic carbocycles. The number of hydrogen-bond acceptors (Lipinski definition) is 3. The van der Waals surface area contributed by atoms with Crippen LogP contribution in [0.3, 0.4) is 0 Å². The molecule has 0 saturated heterocycles. The predicted molar refractivity (Wildman–Crippen MR) is 90.8 cm³/mol. The monoisotopic (exact) mass is 316 g/mol. The van der Waals surface area contributed by atoms with Crippen LogP contribution in [0.25, 0.3) is 0 Å². The van der Waals surface area contributed by atoms with Crippen molar-refractivity contribution >= 4 is 17.8 Å². The van der Waals surface area contributed by atoms with Crippen molar-refractivity contribution in [1.29, 1.82) is 0 Å². The highest BCUT2D eigenvalue weighted by atomic mass is 32.2. The quantitative estimate of drug-likeness (QED) is 0.792. The summed E-state index contributed by atoms with van der Waals surface area (Å²) in [6.07, 6.45) is 7.43. The summed E-state index contributed by atoms with van der Waals surface area (Å²) in [5, 5.41) is 12.9. The van der Waals surface area contributed by atoms with E-state index in [0.717, 1.165) is 19.4 Å². The number of urea groups is 1. The first-order valence-corrected chi connectivity index (χ1v) is 9.33. The summed E-state index contributed by atoms with van der Waals surface area (Å²) in [6, 6.07) is 0.338. The van der Waals surface area contributed by atoms with Crippen molar-refractivity contribution in [2.24, 2.45) is 5.41 Å². The second-order valence-electron chi connectivity index (χ2n) is 7.23. The van der Waals surface area contributed by atoms with Crippen molar-refractivity contribution in [2.45, 2.75) is 64.2 Å². The molecule has 21 heavy (non-hydrogen) atoms. The molecule has 0 heterocycles. The van der Waals surface area contributed by atoms with Gasteiger partial charge in [-0.05, 0) is 37.4 Å². The van der Waals surface area contributed by atoms with Gasteiger partial charge in [-0.25, -0.2) is 4.79 Å². The molecule has 0 aliphatic heterocycles. The second-order valence-corrected chi connectivity index (χ2v) is 8.37. The molecule has 0 bridgehead atoms. The minimum atomic E-state index is 0.0325. The summed E-state index contributed by atoms with van der Waals surface area (Å²) in [4.78, 5) is 14.4. The highest BCUT2D eigenvalue weighted by Crippen LogP contribution is 2.27. The van der Waals surface area contributed by atoms with Crippen LogP contribution in [0.4, 0.5) is 4.79 Å². The van der Waals surface area contributed by atoms with Gasteiger partial charge < -0.3 is 15.3 Å². The number of nitrogens with one attached hydrogen (secondary N) is 1. The van der Waals surface area contributed by atoms with E-state index in [9.17, 15) is 4.79 Å². The third-order valence-corrected chi connectivity index (χ3v) is 4.92. The van der Waals surface area contributed by atoms with Crippen LogP contribution in [-0.4, -0.2) is 53.3 Å². The van der Waals surface area contributed by atoms with Gasteiger partial charge in [0.1, 0.15) is 0 Å². The molecule has 124 valence electrons. The first-order valence-electron chi connectivity index (χ1n) is 8.05. The van der Waals surface area contributed by atoms with E-state index in [1.807, 2.05) is 16.7 Å². The maximum Gasteiger partial charge on any atom is 0.317 e. The van der Waals surface area contributed by atoms with Crippen LogP contribution in [0.15, 0.2) is 0 Å². The van der Waals surface area contributed by atoms with Gasteiger partial charge in [0.15, 0.2) is 0 Å². The number of carbonyl (C=O) groups excluding carboxylic acids is 1. The third kappa shape index (κ3) is 7.41. The molecule has 1 aliphatic carbocycles. The van der Waals surface area contributed by atoms with Gasteiger partial charge in [-0.3, -0.25) is 0 Å². The Labute approximate surface area is 134 Å². The summed E-state index contributed by atoms with van der Waals surface area (Å²) in [6.45, 7) is 7.88. The number of carbonyl (C=O) groups is 1. The molecule has 0 aromatic rings. The Morgan fingerprint density at radius 3 is 2.67 bits per heavy atom. The molecular weight excluding hydrogens is 284 g/mol. The van der Waals surface area contributed by atoms with E-state index in [1.165, 1.54) is 12.8 Å². The molecule has 2 unspecified atom stereocenters. The molecule has 0 aromatic heterocycles. The van der Waals surface area contributed by atoms with E-state index >= 15 is 0 Å². The number of amides is 2.